The first-order chi connectivity index (χ1) is 23.4. The topological polar surface area (TPSA) is 10.4 Å². The minimum Gasteiger partial charge on any atom is -0.336 e. The number of rotatable bonds is 5. The van der Waals surface area contributed by atoms with Crippen LogP contribution >= 0.6 is 0 Å². The number of benzene rings is 5. The highest BCUT2D eigenvalue weighted by Gasteiger charge is 2.53. The van der Waals surface area contributed by atoms with Gasteiger partial charge in [-0.1, -0.05) is 109 Å². The van der Waals surface area contributed by atoms with Crippen molar-refractivity contribution in [2.24, 2.45) is 7.05 Å². The van der Waals surface area contributed by atoms with Gasteiger partial charge in [0, 0.05) is 25.4 Å². The number of aromatic nitrogens is 1. The molecule has 0 amide bonds. The van der Waals surface area contributed by atoms with Crippen molar-refractivity contribution in [3.05, 3.63) is 156 Å². The summed E-state index contributed by atoms with van der Waals surface area (Å²) in [7, 11) is 1.79. The molecule has 0 fully saturated rings. The molecule has 5 aromatic carbocycles. The van der Waals surface area contributed by atoms with Crippen molar-refractivity contribution < 1.29 is 12.8 Å². The molecule has 0 saturated carbocycles. The maximum atomic E-state index is 8.45. The van der Waals surface area contributed by atoms with Crippen LogP contribution in [0.25, 0.3) is 22.3 Å². The van der Waals surface area contributed by atoms with Crippen molar-refractivity contribution in [1.82, 2.24) is 0 Å². The van der Waals surface area contributed by atoms with Gasteiger partial charge in [-0.15, -0.1) is 0 Å². The van der Waals surface area contributed by atoms with E-state index in [1.54, 1.807) is 17.7 Å². The van der Waals surface area contributed by atoms with E-state index in [9.17, 15) is 0 Å². The van der Waals surface area contributed by atoms with Crippen LogP contribution < -0.4 is 19.7 Å². The SMILES string of the molecule is [2H]C([2H])([2H])c1cc(N2B(c3c(-c4ccccc4)cccc3-c3ccccc3)N(c3ccccc3)c3cccc(C)c32)[n+](C)cc1C([2H])([2H])[2H]. The van der Waals surface area contributed by atoms with Crippen LogP contribution in [0.3, 0.4) is 0 Å². The van der Waals surface area contributed by atoms with Gasteiger partial charge in [-0.3, -0.25) is 4.81 Å². The Kier molecular flexibility index (Phi) is 5.29. The first-order valence-electron chi connectivity index (χ1n) is 17.5. The van der Waals surface area contributed by atoms with Gasteiger partial charge in [-0.25, -0.2) is 4.57 Å². The number of aryl methyl sites for hydroxylation is 4. The van der Waals surface area contributed by atoms with Gasteiger partial charge in [0.05, 0.1) is 18.9 Å². The molecule has 3 nitrogen and oxygen atoms in total. The Morgan fingerprint density at radius 2 is 1.19 bits per heavy atom. The Morgan fingerprint density at radius 3 is 1.79 bits per heavy atom. The van der Waals surface area contributed by atoms with Gasteiger partial charge in [0.1, 0.15) is 5.69 Å². The third kappa shape index (κ3) is 4.60. The smallest absolute Gasteiger partial charge is 0.336 e. The molecule has 0 aliphatic carbocycles. The Hall–Kier alpha value is -5.09. The quantitative estimate of drug-likeness (QED) is 0.154. The van der Waals surface area contributed by atoms with Gasteiger partial charge in [0.25, 0.3) is 5.82 Å². The summed E-state index contributed by atoms with van der Waals surface area (Å²) in [6, 6.07) is 44.9. The van der Waals surface area contributed by atoms with E-state index in [2.05, 4.69) is 83.3 Å². The standard InChI is InChI=1S/C39H35BN3/c1-28-16-14-25-36-39(28)43(37-26-29(2)30(3)27-41(37)4)40(42(36)33-21-12-7-13-22-33)38-34(31-17-8-5-9-18-31)23-15-24-35(38)32-19-10-6-11-20-32/h5-27H,1-4H3/q+1/i2D3,3D3. The third-order valence-electron chi connectivity index (χ3n) is 8.27. The zero-order valence-electron chi connectivity index (χ0n) is 30.2. The van der Waals surface area contributed by atoms with Crippen LogP contribution in [-0.4, -0.2) is 6.98 Å². The second-order valence-corrected chi connectivity index (χ2v) is 11.0. The normalized spacial score (nSPS) is 15.2. The first kappa shape index (κ1) is 20.7. The van der Waals surface area contributed by atoms with Crippen LogP contribution in [-0.2, 0) is 7.05 Å². The maximum absolute atomic E-state index is 8.45. The van der Waals surface area contributed by atoms with E-state index in [0.717, 1.165) is 50.3 Å². The summed E-state index contributed by atoms with van der Waals surface area (Å²) < 4.78 is 51.8. The highest BCUT2D eigenvalue weighted by molar-refractivity contribution is 6.86. The van der Waals surface area contributed by atoms with Crippen molar-refractivity contribution in [2.45, 2.75) is 20.6 Å². The lowest BCUT2D eigenvalue weighted by molar-refractivity contribution is -0.658. The van der Waals surface area contributed by atoms with E-state index in [4.69, 9.17) is 8.22 Å². The molecule has 1 aliphatic heterocycles. The average molecular weight is 563 g/mol. The molecule has 1 aliphatic rings. The second-order valence-electron chi connectivity index (χ2n) is 11.0. The Balaban J connectivity index is 1.63. The molecule has 0 radical (unpaired) electrons. The van der Waals surface area contributed by atoms with E-state index < -0.39 is 20.7 Å². The maximum Gasteiger partial charge on any atom is 0.543 e. The molecule has 0 bridgehead atoms. The number of hydrogen-bond donors (Lipinski definition) is 0. The van der Waals surface area contributed by atoms with Crippen molar-refractivity contribution in [1.29, 1.82) is 0 Å². The van der Waals surface area contributed by atoms with Gasteiger partial charge in [-0.05, 0) is 77.8 Å². The monoisotopic (exact) mass is 562 g/mol. The minimum atomic E-state index is -2.66. The molecule has 208 valence electrons. The Morgan fingerprint density at radius 1 is 0.605 bits per heavy atom. The summed E-state index contributed by atoms with van der Waals surface area (Å²) >= 11 is 0. The lowest BCUT2D eigenvalue weighted by Gasteiger charge is -2.28. The largest absolute Gasteiger partial charge is 0.543 e. The zero-order chi connectivity index (χ0) is 34.5. The summed E-state index contributed by atoms with van der Waals surface area (Å²) in [6.45, 7) is -3.74. The van der Waals surface area contributed by atoms with Crippen LogP contribution in [0, 0.1) is 20.6 Å². The van der Waals surface area contributed by atoms with Crippen LogP contribution in [0.1, 0.15) is 24.9 Å². The van der Waals surface area contributed by atoms with Crippen LogP contribution in [0.4, 0.5) is 22.9 Å². The fraction of sp³-hybridized carbons (Fsp3) is 0.103. The Bertz CT molecular complexity index is 2080. The summed E-state index contributed by atoms with van der Waals surface area (Å²) in [5, 5.41) is 0. The molecule has 7 rings (SSSR count). The molecule has 0 saturated heterocycles. The van der Waals surface area contributed by atoms with Crippen molar-refractivity contribution >= 4 is 35.3 Å². The van der Waals surface area contributed by atoms with Crippen LogP contribution in [0.15, 0.2) is 140 Å². The highest BCUT2D eigenvalue weighted by atomic mass is 15.3. The van der Waals surface area contributed by atoms with E-state index in [1.807, 2.05) is 60.7 Å². The second kappa shape index (κ2) is 11.0. The molecule has 6 aromatic rings. The molecular formula is C39H35BN3+. The lowest BCUT2D eigenvalue weighted by Crippen LogP contribution is -2.57. The average Bonchev–Trinajstić information content (AvgIpc) is 3.44. The molecule has 4 heteroatoms. The summed E-state index contributed by atoms with van der Waals surface area (Å²) in [4.78, 5) is 4.49. The molecule has 0 atom stereocenters. The number of nitrogens with zero attached hydrogens (tertiary/aromatic N) is 3. The fourth-order valence-electron chi connectivity index (χ4n) is 6.35. The van der Waals surface area contributed by atoms with Crippen molar-refractivity contribution in [2.75, 3.05) is 9.62 Å². The fourth-order valence-corrected chi connectivity index (χ4v) is 6.35. The highest BCUT2D eigenvalue weighted by Crippen LogP contribution is 2.48. The van der Waals surface area contributed by atoms with Gasteiger partial charge in [0.2, 0.25) is 0 Å². The summed E-state index contributed by atoms with van der Waals surface area (Å²) in [5.41, 5.74) is 8.61. The number of anilines is 4. The molecule has 0 N–H and O–H groups in total. The predicted molar refractivity (Wildman–Crippen MR) is 182 cm³/mol. The number of hydrogen-bond acceptors (Lipinski definition) is 2. The zero-order valence-corrected chi connectivity index (χ0v) is 24.2. The first-order valence-corrected chi connectivity index (χ1v) is 14.5. The van der Waals surface area contributed by atoms with Gasteiger partial charge in [0.15, 0.2) is 0 Å². The predicted octanol–water partition coefficient (Wildman–Crippen LogP) is 8.46. The lowest BCUT2D eigenvalue weighted by atomic mass is 9.59. The van der Waals surface area contributed by atoms with Gasteiger partial charge < -0.3 is 4.81 Å². The van der Waals surface area contributed by atoms with Crippen molar-refractivity contribution in [3.63, 3.8) is 0 Å². The third-order valence-corrected chi connectivity index (χ3v) is 8.27. The van der Waals surface area contributed by atoms with Crippen LogP contribution in [0.2, 0.25) is 0 Å². The van der Waals surface area contributed by atoms with E-state index >= 15 is 0 Å². The molecule has 2 heterocycles. The van der Waals surface area contributed by atoms with Gasteiger partial charge >= 0.3 is 6.98 Å². The Labute approximate surface area is 263 Å². The molecule has 0 spiro atoms. The molecule has 1 aromatic heterocycles. The van der Waals surface area contributed by atoms with Gasteiger partial charge in [-0.2, -0.15) is 0 Å². The van der Waals surface area contributed by atoms with E-state index in [-0.39, 0.29) is 11.1 Å². The molecular weight excluding hydrogens is 521 g/mol. The van der Waals surface area contributed by atoms with Crippen LogP contribution in [0.5, 0.6) is 0 Å². The summed E-state index contributed by atoms with van der Waals surface area (Å²) in [6.07, 6.45) is 1.46. The number of para-hydroxylation sites is 2. The summed E-state index contributed by atoms with van der Waals surface area (Å²) in [5.74, 6) is 0.556. The molecule has 43 heavy (non-hydrogen) atoms. The van der Waals surface area contributed by atoms with E-state index in [1.165, 1.54) is 6.20 Å². The number of pyridine rings is 1. The minimum absolute atomic E-state index is 0.186. The molecule has 0 unspecified atom stereocenters. The van der Waals surface area contributed by atoms with E-state index in [0.29, 0.717) is 5.82 Å². The van der Waals surface area contributed by atoms with Crippen molar-refractivity contribution in [3.8, 4) is 22.3 Å². The number of fused-ring (bicyclic) bond motifs is 1.